The van der Waals surface area contributed by atoms with Crippen LogP contribution in [0.5, 0.6) is 0 Å². The summed E-state index contributed by atoms with van der Waals surface area (Å²) in [5.41, 5.74) is 0.521. The van der Waals surface area contributed by atoms with Gasteiger partial charge in [0, 0.05) is 12.6 Å². The Hall–Kier alpha value is -1.78. The van der Waals surface area contributed by atoms with Gasteiger partial charge in [0.25, 0.3) is 5.91 Å². The van der Waals surface area contributed by atoms with Gasteiger partial charge in [0.2, 0.25) is 0 Å². The predicted octanol–water partition coefficient (Wildman–Crippen LogP) is 1.91. The number of aryl methyl sites for hydroxylation is 1. The van der Waals surface area contributed by atoms with Crippen molar-refractivity contribution in [2.24, 2.45) is 5.92 Å². The summed E-state index contributed by atoms with van der Waals surface area (Å²) in [5.74, 6) is -0.856. The molecule has 1 aromatic heterocycles. The van der Waals surface area contributed by atoms with Crippen LogP contribution in [-0.2, 0) is 4.79 Å². The lowest BCUT2D eigenvalue weighted by Gasteiger charge is -2.36. The Morgan fingerprint density at radius 3 is 2.72 bits per heavy atom. The minimum atomic E-state index is -0.830. The van der Waals surface area contributed by atoms with Crippen LogP contribution in [-0.4, -0.2) is 34.5 Å². The molecule has 1 aromatic rings. The van der Waals surface area contributed by atoms with Crippen molar-refractivity contribution in [3.05, 3.63) is 23.7 Å². The fourth-order valence-electron chi connectivity index (χ4n) is 2.35. The van der Waals surface area contributed by atoms with E-state index in [4.69, 9.17) is 9.52 Å². The molecule has 0 aliphatic carbocycles. The van der Waals surface area contributed by atoms with Crippen LogP contribution in [0.1, 0.15) is 35.9 Å². The maximum atomic E-state index is 12.3. The van der Waals surface area contributed by atoms with E-state index in [0.717, 1.165) is 6.42 Å². The third-order valence-corrected chi connectivity index (χ3v) is 3.58. The van der Waals surface area contributed by atoms with Gasteiger partial charge in [-0.2, -0.15) is 0 Å². The van der Waals surface area contributed by atoms with E-state index >= 15 is 0 Å². The molecule has 1 aliphatic heterocycles. The molecule has 1 fully saturated rings. The third-order valence-electron chi connectivity index (χ3n) is 3.58. The van der Waals surface area contributed by atoms with Gasteiger partial charge in [-0.1, -0.05) is 0 Å². The lowest BCUT2D eigenvalue weighted by atomic mass is 9.93. The Labute approximate surface area is 105 Å². The molecule has 1 N–H and O–H groups in total. The van der Waals surface area contributed by atoms with Crippen LogP contribution in [0.15, 0.2) is 16.7 Å². The van der Waals surface area contributed by atoms with Gasteiger partial charge < -0.3 is 14.4 Å². The first kappa shape index (κ1) is 12.7. The highest BCUT2D eigenvalue weighted by Crippen LogP contribution is 2.25. The maximum absolute atomic E-state index is 12.3. The zero-order valence-electron chi connectivity index (χ0n) is 10.5. The normalized spacial score (nSPS) is 24.0. The molecule has 0 bridgehead atoms. The van der Waals surface area contributed by atoms with Crippen LogP contribution in [0, 0.1) is 12.8 Å². The van der Waals surface area contributed by atoms with E-state index in [1.54, 1.807) is 17.9 Å². The second-order valence-electron chi connectivity index (χ2n) is 4.81. The number of carbonyl (C=O) groups is 2. The average molecular weight is 251 g/mol. The average Bonchev–Trinajstić information content (AvgIpc) is 2.75. The number of nitrogens with zero attached hydrogens (tertiary/aromatic N) is 1. The first-order valence-electron chi connectivity index (χ1n) is 6.08. The largest absolute Gasteiger partial charge is 0.481 e. The van der Waals surface area contributed by atoms with E-state index in [1.807, 2.05) is 6.92 Å². The second kappa shape index (κ2) is 4.84. The van der Waals surface area contributed by atoms with Gasteiger partial charge >= 0.3 is 5.97 Å². The van der Waals surface area contributed by atoms with E-state index in [2.05, 4.69) is 0 Å². The van der Waals surface area contributed by atoms with Crippen molar-refractivity contribution in [3.8, 4) is 0 Å². The number of carbonyl (C=O) groups excluding carboxylic acids is 1. The van der Waals surface area contributed by atoms with Gasteiger partial charge in [-0.15, -0.1) is 0 Å². The number of likely N-dealkylation sites (tertiary alicyclic amines) is 1. The molecule has 0 radical (unpaired) electrons. The molecule has 5 heteroatoms. The highest BCUT2D eigenvalue weighted by Gasteiger charge is 2.33. The number of furan rings is 1. The number of piperidine rings is 1. The van der Waals surface area contributed by atoms with E-state index in [-0.39, 0.29) is 18.5 Å². The Bertz CT molecular complexity index is 465. The van der Waals surface area contributed by atoms with Crippen LogP contribution >= 0.6 is 0 Å². The van der Waals surface area contributed by atoms with Gasteiger partial charge in [0.15, 0.2) is 0 Å². The Morgan fingerprint density at radius 1 is 1.44 bits per heavy atom. The highest BCUT2D eigenvalue weighted by atomic mass is 16.4. The first-order valence-corrected chi connectivity index (χ1v) is 6.08. The molecule has 2 unspecified atom stereocenters. The number of rotatable bonds is 2. The van der Waals surface area contributed by atoms with Crippen molar-refractivity contribution < 1.29 is 19.1 Å². The summed E-state index contributed by atoms with van der Waals surface area (Å²) in [6.45, 7) is 3.96. The highest BCUT2D eigenvalue weighted by molar-refractivity contribution is 5.95. The van der Waals surface area contributed by atoms with E-state index in [0.29, 0.717) is 17.7 Å². The molecule has 2 rings (SSSR count). The van der Waals surface area contributed by atoms with Crippen LogP contribution in [0.2, 0.25) is 0 Å². The number of aliphatic carboxylic acids is 1. The topological polar surface area (TPSA) is 70.8 Å². The minimum Gasteiger partial charge on any atom is -0.481 e. The van der Waals surface area contributed by atoms with E-state index in [9.17, 15) is 9.59 Å². The molecule has 0 aromatic carbocycles. The van der Waals surface area contributed by atoms with Crippen LogP contribution in [0.25, 0.3) is 0 Å². The van der Waals surface area contributed by atoms with Gasteiger partial charge in [-0.3, -0.25) is 9.59 Å². The number of hydrogen-bond donors (Lipinski definition) is 1. The summed E-state index contributed by atoms with van der Waals surface area (Å²) in [6, 6.07) is 1.71. The zero-order valence-corrected chi connectivity index (χ0v) is 10.5. The molecule has 0 saturated carbocycles. The lowest BCUT2D eigenvalue weighted by Crippen LogP contribution is -2.47. The summed E-state index contributed by atoms with van der Waals surface area (Å²) < 4.78 is 5.12. The number of carboxylic acids is 1. The second-order valence-corrected chi connectivity index (χ2v) is 4.81. The zero-order chi connectivity index (χ0) is 13.3. The van der Waals surface area contributed by atoms with Crippen LogP contribution in [0.4, 0.5) is 0 Å². The Balaban J connectivity index is 2.18. The van der Waals surface area contributed by atoms with Crippen molar-refractivity contribution in [2.45, 2.75) is 32.7 Å². The molecule has 2 atom stereocenters. The fourth-order valence-corrected chi connectivity index (χ4v) is 2.35. The summed E-state index contributed by atoms with van der Waals surface area (Å²) in [4.78, 5) is 25.0. The summed E-state index contributed by atoms with van der Waals surface area (Å²) in [6.07, 6.45) is 2.83. The molecular formula is C13H17NO4. The van der Waals surface area contributed by atoms with Crippen LogP contribution in [0.3, 0.4) is 0 Å². The van der Waals surface area contributed by atoms with Gasteiger partial charge in [0.05, 0.1) is 17.7 Å². The van der Waals surface area contributed by atoms with Crippen molar-refractivity contribution in [3.63, 3.8) is 0 Å². The molecule has 1 aliphatic rings. The summed E-state index contributed by atoms with van der Waals surface area (Å²) in [7, 11) is 0. The smallest absolute Gasteiger partial charge is 0.308 e. The van der Waals surface area contributed by atoms with Crippen molar-refractivity contribution in [1.29, 1.82) is 0 Å². The third kappa shape index (κ3) is 2.25. The van der Waals surface area contributed by atoms with Crippen molar-refractivity contribution >= 4 is 11.9 Å². The molecule has 0 spiro atoms. The fraction of sp³-hybridized carbons (Fsp3) is 0.538. The van der Waals surface area contributed by atoms with Gasteiger partial charge in [0.1, 0.15) is 5.76 Å². The SMILES string of the molecule is Cc1occc1C(=O)N1CC(C(=O)O)CCC1C. The summed E-state index contributed by atoms with van der Waals surface area (Å²) >= 11 is 0. The number of amides is 1. The number of carboxylic acid groups (broad SMARTS) is 1. The molecule has 5 nitrogen and oxygen atoms in total. The molecule has 18 heavy (non-hydrogen) atoms. The quantitative estimate of drug-likeness (QED) is 0.871. The molecule has 98 valence electrons. The maximum Gasteiger partial charge on any atom is 0.308 e. The van der Waals surface area contributed by atoms with E-state index < -0.39 is 11.9 Å². The molecular weight excluding hydrogens is 234 g/mol. The standard InChI is InChI=1S/C13H17NO4/c1-8-3-4-10(13(16)17)7-14(8)12(15)11-5-6-18-9(11)2/h5-6,8,10H,3-4,7H2,1-2H3,(H,16,17). The molecule has 2 heterocycles. The van der Waals surface area contributed by atoms with Crippen molar-refractivity contribution in [2.75, 3.05) is 6.54 Å². The monoisotopic (exact) mass is 251 g/mol. The van der Waals surface area contributed by atoms with Gasteiger partial charge in [-0.05, 0) is 32.8 Å². The number of hydrogen-bond acceptors (Lipinski definition) is 3. The van der Waals surface area contributed by atoms with Crippen molar-refractivity contribution in [1.82, 2.24) is 4.90 Å². The predicted molar refractivity (Wildman–Crippen MR) is 64.3 cm³/mol. The lowest BCUT2D eigenvalue weighted by molar-refractivity contribution is -0.143. The van der Waals surface area contributed by atoms with Gasteiger partial charge in [-0.25, -0.2) is 0 Å². The molecule has 1 amide bonds. The van der Waals surface area contributed by atoms with Crippen LogP contribution < -0.4 is 0 Å². The summed E-state index contributed by atoms with van der Waals surface area (Å²) in [5, 5.41) is 9.05. The Morgan fingerprint density at radius 2 is 2.17 bits per heavy atom. The Kier molecular flexibility index (Phi) is 3.41. The minimum absolute atomic E-state index is 0.0717. The molecule has 1 saturated heterocycles. The van der Waals surface area contributed by atoms with E-state index in [1.165, 1.54) is 6.26 Å². The first-order chi connectivity index (χ1) is 8.50.